The third-order valence-corrected chi connectivity index (χ3v) is 4.96. The molecule has 7 nitrogen and oxygen atoms in total. The molecule has 0 aliphatic carbocycles. The van der Waals surface area contributed by atoms with E-state index >= 15 is 0 Å². The Morgan fingerprint density at radius 1 is 1.00 bits per heavy atom. The zero-order chi connectivity index (χ0) is 22.1. The molecule has 0 aliphatic rings. The molecule has 0 bridgehead atoms. The number of nitrogen functional groups attached to an aromatic ring is 1. The summed E-state index contributed by atoms with van der Waals surface area (Å²) in [6.45, 7) is 6.01. The zero-order valence-electron chi connectivity index (χ0n) is 16.6. The molecule has 0 aliphatic heterocycles. The van der Waals surface area contributed by atoms with Gasteiger partial charge in [0, 0.05) is 15.2 Å². The molecule has 0 amide bonds. The number of rotatable bonds is 3. The predicted molar refractivity (Wildman–Crippen MR) is 121 cm³/mol. The van der Waals surface area contributed by atoms with Crippen LogP contribution in [0.25, 0.3) is 5.69 Å². The number of benzene rings is 2. The lowest BCUT2D eigenvalue weighted by Crippen LogP contribution is -2.13. The first-order valence-electron chi connectivity index (χ1n) is 8.93. The van der Waals surface area contributed by atoms with E-state index in [0.717, 1.165) is 4.90 Å². The van der Waals surface area contributed by atoms with Crippen LogP contribution in [-0.4, -0.2) is 9.78 Å². The molecule has 30 heavy (non-hydrogen) atoms. The van der Waals surface area contributed by atoms with E-state index in [0.29, 0.717) is 33.5 Å². The van der Waals surface area contributed by atoms with E-state index in [9.17, 15) is 5.26 Å². The van der Waals surface area contributed by atoms with Gasteiger partial charge in [0.15, 0.2) is 11.5 Å². The number of aromatic nitrogens is 2. The summed E-state index contributed by atoms with van der Waals surface area (Å²) >= 11 is 8.90. The van der Waals surface area contributed by atoms with Crippen LogP contribution in [0.3, 0.4) is 0 Å². The quantitative estimate of drug-likeness (QED) is 0.374. The zero-order valence-corrected chi connectivity index (χ0v) is 18.4. The number of anilines is 1. The van der Waals surface area contributed by atoms with Gasteiger partial charge in [-0.15, -0.1) is 30.4 Å². The first kappa shape index (κ1) is 21.4. The van der Waals surface area contributed by atoms with Gasteiger partial charge in [0.1, 0.15) is 12.1 Å². The fourth-order valence-electron chi connectivity index (χ4n) is 2.78. The first-order valence-corrected chi connectivity index (χ1v) is 9.82. The molecule has 9 heteroatoms. The highest BCUT2D eigenvalue weighted by Gasteiger charge is 2.27. The summed E-state index contributed by atoms with van der Waals surface area (Å²) in [6.07, 6.45) is 0. The van der Waals surface area contributed by atoms with Crippen molar-refractivity contribution in [2.75, 3.05) is 5.73 Å². The van der Waals surface area contributed by atoms with E-state index < -0.39 is 0 Å². The van der Waals surface area contributed by atoms with E-state index in [2.05, 4.69) is 40.6 Å². The number of azo groups is 1. The smallest absolute Gasteiger partial charge is 0.155 e. The molecule has 0 fully saturated rings. The number of hydrogen-bond acceptors (Lipinski definition) is 8. The molecule has 150 valence electrons. The highest BCUT2D eigenvalue weighted by atomic mass is 32.1. The summed E-state index contributed by atoms with van der Waals surface area (Å²) < 4.78 is 1.58. The lowest BCUT2D eigenvalue weighted by atomic mass is 9.91. The average Bonchev–Trinajstić information content (AvgIpc) is 3.04. The van der Waals surface area contributed by atoms with Crippen LogP contribution in [0.15, 0.2) is 56.4 Å². The lowest BCUT2D eigenvalue weighted by Gasteiger charge is -2.15. The SMILES string of the molecule is CC(C)(C)c1nn(-c2cc(S)ccc2S)c(N)c1N=Nc1ccc(C#N)c(C#N)c1. The number of nitriles is 2. The Kier molecular flexibility index (Phi) is 5.88. The molecule has 0 atom stereocenters. The molecule has 0 unspecified atom stereocenters. The van der Waals surface area contributed by atoms with Crippen molar-refractivity contribution in [3.05, 3.63) is 53.2 Å². The Balaban J connectivity index is 2.14. The third-order valence-electron chi connectivity index (χ3n) is 4.30. The fraction of sp³-hybridized carbons (Fsp3) is 0.190. The van der Waals surface area contributed by atoms with Crippen LogP contribution in [0.5, 0.6) is 0 Å². The molecular weight excluding hydrogens is 414 g/mol. The topological polar surface area (TPSA) is 116 Å². The van der Waals surface area contributed by atoms with Gasteiger partial charge in [-0.3, -0.25) is 0 Å². The van der Waals surface area contributed by atoms with Crippen molar-refractivity contribution in [2.45, 2.75) is 36.0 Å². The Bertz CT molecular complexity index is 1240. The normalized spacial score (nSPS) is 11.4. The van der Waals surface area contributed by atoms with Crippen molar-refractivity contribution in [3.63, 3.8) is 0 Å². The lowest BCUT2D eigenvalue weighted by molar-refractivity contribution is 0.560. The van der Waals surface area contributed by atoms with Gasteiger partial charge >= 0.3 is 0 Å². The molecule has 0 radical (unpaired) electrons. The molecule has 3 aromatic rings. The second kappa shape index (κ2) is 8.23. The van der Waals surface area contributed by atoms with Crippen molar-refractivity contribution >= 4 is 42.5 Å². The molecular formula is C21H19N7S2. The van der Waals surface area contributed by atoms with E-state index in [-0.39, 0.29) is 16.5 Å². The van der Waals surface area contributed by atoms with Crippen molar-refractivity contribution in [1.29, 1.82) is 10.5 Å². The van der Waals surface area contributed by atoms with Gasteiger partial charge in [0.2, 0.25) is 0 Å². The minimum Gasteiger partial charge on any atom is -0.382 e. The van der Waals surface area contributed by atoms with Gasteiger partial charge in [-0.25, -0.2) is 4.68 Å². The molecule has 1 aromatic heterocycles. The molecule has 0 spiro atoms. The summed E-state index contributed by atoms with van der Waals surface area (Å²) in [5.41, 5.74) is 8.79. The van der Waals surface area contributed by atoms with Crippen molar-refractivity contribution in [2.24, 2.45) is 10.2 Å². The monoisotopic (exact) mass is 433 g/mol. The number of nitrogens with zero attached hydrogens (tertiary/aromatic N) is 6. The van der Waals surface area contributed by atoms with Gasteiger partial charge in [0.05, 0.1) is 28.2 Å². The van der Waals surface area contributed by atoms with Crippen LogP contribution in [-0.2, 0) is 5.41 Å². The van der Waals surface area contributed by atoms with Crippen LogP contribution in [0.2, 0.25) is 0 Å². The highest BCUT2D eigenvalue weighted by Crippen LogP contribution is 2.39. The molecule has 2 aromatic carbocycles. The summed E-state index contributed by atoms with van der Waals surface area (Å²) in [6, 6.07) is 14.1. The van der Waals surface area contributed by atoms with E-state index in [1.807, 2.05) is 51.1 Å². The minimum atomic E-state index is -0.356. The Hall–Kier alpha value is -3.27. The number of thiol groups is 2. The third kappa shape index (κ3) is 4.18. The summed E-state index contributed by atoms with van der Waals surface area (Å²) in [5, 5.41) is 31.6. The molecule has 0 saturated heterocycles. The summed E-state index contributed by atoms with van der Waals surface area (Å²) in [5.74, 6) is 0.312. The second-order valence-electron chi connectivity index (χ2n) is 7.57. The van der Waals surface area contributed by atoms with E-state index in [4.69, 9.17) is 11.0 Å². The minimum absolute atomic E-state index is 0.235. The Labute approximate surface area is 185 Å². The van der Waals surface area contributed by atoms with Crippen LogP contribution in [0.1, 0.15) is 37.6 Å². The maximum absolute atomic E-state index is 9.21. The molecule has 0 saturated carbocycles. The summed E-state index contributed by atoms with van der Waals surface area (Å²) in [7, 11) is 0. The number of nitrogens with two attached hydrogens (primary N) is 1. The van der Waals surface area contributed by atoms with Crippen molar-refractivity contribution in [1.82, 2.24) is 9.78 Å². The number of hydrogen-bond donors (Lipinski definition) is 3. The average molecular weight is 434 g/mol. The largest absolute Gasteiger partial charge is 0.382 e. The molecule has 1 heterocycles. The molecule has 2 N–H and O–H groups in total. The Morgan fingerprint density at radius 2 is 1.70 bits per heavy atom. The van der Waals surface area contributed by atoms with Crippen molar-refractivity contribution in [3.8, 4) is 17.8 Å². The molecule has 3 rings (SSSR count). The maximum atomic E-state index is 9.21. The maximum Gasteiger partial charge on any atom is 0.155 e. The second-order valence-corrected chi connectivity index (χ2v) is 8.57. The van der Waals surface area contributed by atoms with E-state index in [1.165, 1.54) is 12.1 Å². The highest BCUT2D eigenvalue weighted by molar-refractivity contribution is 7.80. The Morgan fingerprint density at radius 3 is 2.33 bits per heavy atom. The van der Waals surface area contributed by atoms with Gasteiger partial charge in [-0.1, -0.05) is 20.8 Å². The van der Waals surface area contributed by atoms with Crippen molar-refractivity contribution < 1.29 is 0 Å². The van der Waals surface area contributed by atoms with E-state index in [1.54, 1.807) is 10.7 Å². The van der Waals surface area contributed by atoms with Crippen LogP contribution >= 0.6 is 25.3 Å². The van der Waals surface area contributed by atoms with Gasteiger partial charge in [-0.05, 0) is 36.4 Å². The van der Waals surface area contributed by atoms with Crippen LogP contribution < -0.4 is 5.73 Å². The first-order chi connectivity index (χ1) is 14.2. The van der Waals surface area contributed by atoms with Crippen LogP contribution in [0, 0.1) is 22.7 Å². The predicted octanol–water partition coefficient (Wildman–Crippen LogP) is 5.49. The summed E-state index contributed by atoms with van der Waals surface area (Å²) in [4.78, 5) is 1.44. The standard InChI is InChI=1S/C21H19N7S2/c1-21(2,3)19-18(26-25-14-5-4-12(10-22)13(8-14)11-23)20(24)28(27-19)16-9-15(29)6-7-17(16)30/h4-9,29-30H,24H2,1-3H3. The van der Waals surface area contributed by atoms with Gasteiger partial charge in [-0.2, -0.15) is 20.7 Å². The van der Waals surface area contributed by atoms with Gasteiger partial charge in [0.25, 0.3) is 0 Å². The van der Waals surface area contributed by atoms with Gasteiger partial charge < -0.3 is 5.73 Å². The fourth-order valence-corrected chi connectivity index (χ4v) is 3.21. The van der Waals surface area contributed by atoms with Crippen LogP contribution in [0.4, 0.5) is 17.2 Å².